The Hall–Kier alpha value is -3.41. The standard InChI is InChI=1S/C20H20N4O2/c1-4-11-26-17-8-6-16(7-9-17)12-21-23-20(25)19-15(3)22-18-10-5-14(2)13-24(18)19/h4-10,12-13H,1,11H2,2-3H3,(H,23,25)/b21-12+. The molecule has 0 saturated heterocycles. The number of aromatic nitrogens is 2. The van der Waals surface area contributed by atoms with Gasteiger partial charge in [0.1, 0.15) is 23.7 Å². The number of benzene rings is 1. The highest BCUT2D eigenvalue weighted by Crippen LogP contribution is 2.14. The van der Waals surface area contributed by atoms with Gasteiger partial charge in [-0.2, -0.15) is 5.10 Å². The van der Waals surface area contributed by atoms with E-state index < -0.39 is 0 Å². The van der Waals surface area contributed by atoms with Crippen LogP contribution in [-0.4, -0.2) is 28.1 Å². The van der Waals surface area contributed by atoms with Gasteiger partial charge < -0.3 is 4.74 Å². The maximum absolute atomic E-state index is 12.5. The Bertz CT molecular complexity index is 971. The van der Waals surface area contributed by atoms with Crippen molar-refractivity contribution in [3.8, 4) is 5.75 Å². The van der Waals surface area contributed by atoms with E-state index in [1.165, 1.54) is 0 Å². The topological polar surface area (TPSA) is 68.0 Å². The first kappa shape index (κ1) is 17.4. The number of carbonyl (C=O) groups excluding carboxylic acids is 1. The van der Waals surface area contributed by atoms with Gasteiger partial charge in [-0.1, -0.05) is 18.7 Å². The second-order valence-electron chi connectivity index (χ2n) is 5.85. The minimum atomic E-state index is -0.303. The number of carbonyl (C=O) groups is 1. The van der Waals surface area contributed by atoms with Gasteiger partial charge in [0.2, 0.25) is 0 Å². The van der Waals surface area contributed by atoms with Crippen LogP contribution in [0.5, 0.6) is 5.75 Å². The van der Waals surface area contributed by atoms with Crippen LogP contribution in [0.4, 0.5) is 0 Å². The lowest BCUT2D eigenvalue weighted by molar-refractivity contribution is 0.0948. The van der Waals surface area contributed by atoms with Crippen LogP contribution in [0, 0.1) is 13.8 Å². The van der Waals surface area contributed by atoms with Crippen molar-refractivity contribution in [1.82, 2.24) is 14.8 Å². The van der Waals surface area contributed by atoms with Gasteiger partial charge in [-0.05, 0) is 55.3 Å². The Labute approximate surface area is 151 Å². The van der Waals surface area contributed by atoms with Crippen LogP contribution < -0.4 is 10.2 Å². The normalized spacial score (nSPS) is 11.0. The maximum Gasteiger partial charge on any atom is 0.290 e. The molecule has 26 heavy (non-hydrogen) atoms. The van der Waals surface area contributed by atoms with Crippen molar-refractivity contribution in [3.05, 3.63) is 77.8 Å². The van der Waals surface area contributed by atoms with Crippen LogP contribution in [0.25, 0.3) is 5.65 Å². The summed E-state index contributed by atoms with van der Waals surface area (Å²) in [5.41, 5.74) is 6.33. The highest BCUT2D eigenvalue weighted by molar-refractivity contribution is 5.95. The lowest BCUT2D eigenvalue weighted by atomic mass is 10.2. The number of rotatable bonds is 6. The average molecular weight is 348 g/mol. The molecule has 132 valence electrons. The van der Waals surface area contributed by atoms with Gasteiger partial charge in [-0.3, -0.25) is 9.20 Å². The molecule has 0 radical (unpaired) electrons. The second kappa shape index (κ2) is 7.65. The quantitative estimate of drug-likeness (QED) is 0.422. The molecule has 0 aliphatic heterocycles. The fourth-order valence-corrected chi connectivity index (χ4v) is 2.57. The van der Waals surface area contributed by atoms with Crippen molar-refractivity contribution in [3.63, 3.8) is 0 Å². The van der Waals surface area contributed by atoms with E-state index in [1.807, 2.05) is 56.4 Å². The smallest absolute Gasteiger partial charge is 0.290 e. The maximum atomic E-state index is 12.5. The van der Waals surface area contributed by atoms with Gasteiger partial charge in [0.25, 0.3) is 5.91 Å². The highest BCUT2D eigenvalue weighted by atomic mass is 16.5. The van der Waals surface area contributed by atoms with E-state index in [2.05, 4.69) is 22.1 Å². The molecule has 1 N–H and O–H groups in total. The van der Waals surface area contributed by atoms with Gasteiger partial charge in [0, 0.05) is 6.20 Å². The number of fused-ring (bicyclic) bond motifs is 1. The number of nitrogens with one attached hydrogen (secondary N) is 1. The average Bonchev–Trinajstić information content (AvgIpc) is 2.96. The highest BCUT2D eigenvalue weighted by Gasteiger charge is 2.15. The second-order valence-corrected chi connectivity index (χ2v) is 5.85. The molecule has 3 rings (SSSR count). The molecule has 0 atom stereocenters. The van der Waals surface area contributed by atoms with Gasteiger partial charge >= 0.3 is 0 Å². The minimum Gasteiger partial charge on any atom is -0.490 e. The number of hydrazone groups is 1. The minimum absolute atomic E-state index is 0.303. The molecular formula is C20H20N4O2. The van der Waals surface area contributed by atoms with Crippen LogP contribution in [0.2, 0.25) is 0 Å². The van der Waals surface area contributed by atoms with E-state index >= 15 is 0 Å². The van der Waals surface area contributed by atoms with Gasteiger partial charge in [0.15, 0.2) is 0 Å². The van der Waals surface area contributed by atoms with Crippen LogP contribution in [-0.2, 0) is 0 Å². The summed E-state index contributed by atoms with van der Waals surface area (Å²) in [6, 6.07) is 11.2. The summed E-state index contributed by atoms with van der Waals surface area (Å²) < 4.78 is 7.20. The molecule has 6 nitrogen and oxygen atoms in total. The van der Waals surface area contributed by atoms with Crippen molar-refractivity contribution in [2.24, 2.45) is 5.10 Å². The van der Waals surface area contributed by atoms with Crippen molar-refractivity contribution in [2.75, 3.05) is 6.61 Å². The van der Waals surface area contributed by atoms with Gasteiger partial charge in [-0.15, -0.1) is 0 Å². The Morgan fingerprint density at radius 1 is 1.27 bits per heavy atom. The van der Waals surface area contributed by atoms with Crippen LogP contribution in [0.1, 0.15) is 27.3 Å². The fourth-order valence-electron chi connectivity index (χ4n) is 2.57. The summed E-state index contributed by atoms with van der Waals surface area (Å²) in [4.78, 5) is 16.9. The number of hydrogen-bond acceptors (Lipinski definition) is 4. The number of imidazole rings is 1. The lowest BCUT2D eigenvalue weighted by Crippen LogP contribution is -2.20. The zero-order chi connectivity index (χ0) is 18.5. The third-order valence-corrected chi connectivity index (χ3v) is 3.78. The van der Waals surface area contributed by atoms with Crippen LogP contribution in [0.3, 0.4) is 0 Å². The van der Waals surface area contributed by atoms with E-state index in [0.29, 0.717) is 18.0 Å². The van der Waals surface area contributed by atoms with Crippen molar-refractivity contribution < 1.29 is 9.53 Å². The number of amides is 1. The summed E-state index contributed by atoms with van der Waals surface area (Å²) in [5.74, 6) is 0.450. The Balaban J connectivity index is 1.71. The first-order valence-electron chi connectivity index (χ1n) is 8.21. The molecule has 1 amide bonds. The predicted molar refractivity (Wildman–Crippen MR) is 102 cm³/mol. The SMILES string of the molecule is C=CCOc1ccc(/C=N/NC(=O)c2c(C)nc3ccc(C)cn23)cc1. The molecule has 2 heterocycles. The monoisotopic (exact) mass is 348 g/mol. The molecule has 6 heteroatoms. The van der Waals surface area contributed by atoms with E-state index in [4.69, 9.17) is 4.74 Å². The molecule has 0 saturated carbocycles. The van der Waals surface area contributed by atoms with Crippen LogP contribution >= 0.6 is 0 Å². The van der Waals surface area contributed by atoms with E-state index in [0.717, 1.165) is 22.5 Å². The van der Waals surface area contributed by atoms with Crippen molar-refractivity contribution >= 4 is 17.8 Å². The van der Waals surface area contributed by atoms with Crippen molar-refractivity contribution in [2.45, 2.75) is 13.8 Å². The van der Waals surface area contributed by atoms with Crippen LogP contribution in [0.15, 0.2) is 60.4 Å². The molecule has 0 unspecified atom stereocenters. The summed E-state index contributed by atoms with van der Waals surface area (Å²) in [6.07, 6.45) is 5.16. The number of aryl methyl sites for hydroxylation is 2. The first-order valence-corrected chi connectivity index (χ1v) is 8.21. The molecule has 0 spiro atoms. The molecule has 3 aromatic rings. The summed E-state index contributed by atoms with van der Waals surface area (Å²) in [6.45, 7) is 7.85. The Kier molecular flexibility index (Phi) is 5.12. The Morgan fingerprint density at radius 3 is 2.77 bits per heavy atom. The molecule has 0 fully saturated rings. The number of hydrogen-bond donors (Lipinski definition) is 1. The molecule has 1 aromatic carbocycles. The number of ether oxygens (including phenoxy) is 1. The molecular weight excluding hydrogens is 328 g/mol. The van der Waals surface area contributed by atoms with E-state index in [-0.39, 0.29) is 5.91 Å². The molecule has 0 bridgehead atoms. The summed E-state index contributed by atoms with van der Waals surface area (Å²) in [7, 11) is 0. The summed E-state index contributed by atoms with van der Waals surface area (Å²) >= 11 is 0. The van der Waals surface area contributed by atoms with Gasteiger partial charge in [0.05, 0.1) is 11.9 Å². The van der Waals surface area contributed by atoms with Crippen molar-refractivity contribution in [1.29, 1.82) is 0 Å². The van der Waals surface area contributed by atoms with Gasteiger partial charge in [-0.25, -0.2) is 10.4 Å². The molecule has 0 aliphatic carbocycles. The third-order valence-electron chi connectivity index (χ3n) is 3.78. The number of pyridine rings is 1. The lowest BCUT2D eigenvalue weighted by Gasteiger charge is -2.03. The van der Waals surface area contributed by atoms with E-state index in [1.54, 1.807) is 16.7 Å². The van der Waals surface area contributed by atoms with E-state index in [9.17, 15) is 4.79 Å². The molecule has 2 aromatic heterocycles. The Morgan fingerprint density at radius 2 is 2.04 bits per heavy atom. The third kappa shape index (κ3) is 3.80. The largest absolute Gasteiger partial charge is 0.490 e. The molecule has 0 aliphatic rings. The number of nitrogens with zero attached hydrogens (tertiary/aromatic N) is 3. The summed E-state index contributed by atoms with van der Waals surface area (Å²) in [5, 5.41) is 4.04. The fraction of sp³-hybridized carbons (Fsp3) is 0.150. The zero-order valence-corrected chi connectivity index (χ0v) is 14.8. The first-order chi connectivity index (χ1) is 12.6. The zero-order valence-electron chi connectivity index (χ0n) is 14.8. The predicted octanol–water partition coefficient (Wildman–Crippen LogP) is 3.28.